The van der Waals surface area contributed by atoms with Gasteiger partial charge >= 0.3 is 6.18 Å². The predicted molar refractivity (Wildman–Crippen MR) is 29.3 cm³/mol. The van der Waals surface area contributed by atoms with Crippen molar-refractivity contribution < 1.29 is 17.9 Å². The smallest absolute Gasteiger partial charge is 0.425 e. The zero-order valence-electron chi connectivity index (χ0n) is 5.40. The van der Waals surface area contributed by atoms with Gasteiger partial charge in [-0.3, -0.25) is 0 Å². The van der Waals surface area contributed by atoms with Crippen LogP contribution in [0.25, 0.3) is 0 Å². The number of ether oxygens (including phenoxy) is 1. The van der Waals surface area contributed by atoms with Gasteiger partial charge in [0, 0.05) is 6.42 Å². The number of hydrogen-bond donors (Lipinski definition) is 0. The van der Waals surface area contributed by atoms with E-state index >= 15 is 0 Å². The van der Waals surface area contributed by atoms with Gasteiger partial charge in [-0.15, -0.1) is 0 Å². The fourth-order valence-electron chi connectivity index (χ4n) is 0.794. The molecule has 58 valence electrons. The van der Waals surface area contributed by atoms with E-state index in [9.17, 15) is 13.2 Å². The van der Waals surface area contributed by atoms with Crippen molar-refractivity contribution in [2.45, 2.75) is 25.6 Å². The number of hydrogen-bond acceptors (Lipinski definition) is 1. The molecule has 0 fully saturated rings. The molecule has 0 saturated heterocycles. The topological polar surface area (TPSA) is 9.23 Å². The summed E-state index contributed by atoms with van der Waals surface area (Å²) < 4.78 is 39.8. The molecule has 0 aromatic carbocycles. The first-order valence-electron chi connectivity index (χ1n) is 2.90. The van der Waals surface area contributed by atoms with Gasteiger partial charge in [0.15, 0.2) is 6.10 Å². The Bertz CT molecular complexity index is 159. The molecule has 0 amide bonds. The van der Waals surface area contributed by atoms with Gasteiger partial charge in [-0.25, -0.2) is 0 Å². The van der Waals surface area contributed by atoms with E-state index in [1.807, 2.05) is 0 Å². The van der Waals surface area contributed by atoms with Crippen LogP contribution < -0.4 is 0 Å². The molecule has 0 N–H and O–H groups in total. The van der Waals surface area contributed by atoms with Crippen LogP contribution in [0.2, 0.25) is 0 Å². The van der Waals surface area contributed by atoms with Gasteiger partial charge in [-0.1, -0.05) is 0 Å². The van der Waals surface area contributed by atoms with Crippen molar-refractivity contribution in [3.8, 4) is 0 Å². The first-order chi connectivity index (χ1) is 4.50. The average molecular weight is 152 g/mol. The minimum absolute atomic E-state index is 0.0463. The van der Waals surface area contributed by atoms with Crippen LogP contribution in [-0.4, -0.2) is 12.3 Å². The summed E-state index contributed by atoms with van der Waals surface area (Å²) in [4.78, 5) is 0. The summed E-state index contributed by atoms with van der Waals surface area (Å²) in [5.74, 6) is 0.363. The highest BCUT2D eigenvalue weighted by Crippen LogP contribution is 2.31. The van der Waals surface area contributed by atoms with Crippen molar-refractivity contribution in [3.63, 3.8) is 0 Å². The molecule has 1 nitrogen and oxygen atoms in total. The van der Waals surface area contributed by atoms with Crippen molar-refractivity contribution >= 4 is 0 Å². The van der Waals surface area contributed by atoms with Crippen LogP contribution in [-0.2, 0) is 4.74 Å². The lowest BCUT2D eigenvalue weighted by Crippen LogP contribution is -2.27. The third kappa shape index (κ3) is 1.43. The second kappa shape index (κ2) is 2.18. The lowest BCUT2D eigenvalue weighted by atomic mass is 10.3. The normalized spacial score (nSPS) is 26.0. The van der Waals surface area contributed by atoms with Crippen LogP contribution in [0.1, 0.15) is 13.3 Å². The summed E-state index contributed by atoms with van der Waals surface area (Å²) in [6, 6.07) is 0. The Morgan fingerprint density at radius 2 is 2.20 bits per heavy atom. The molecule has 0 radical (unpaired) electrons. The molecule has 1 aliphatic rings. The van der Waals surface area contributed by atoms with E-state index in [1.165, 1.54) is 13.0 Å². The highest BCUT2D eigenvalue weighted by atomic mass is 19.4. The monoisotopic (exact) mass is 152 g/mol. The minimum atomic E-state index is -4.21. The molecule has 0 aromatic heterocycles. The van der Waals surface area contributed by atoms with Crippen molar-refractivity contribution in [2.75, 3.05) is 0 Å². The van der Waals surface area contributed by atoms with Crippen LogP contribution in [0.4, 0.5) is 13.2 Å². The van der Waals surface area contributed by atoms with Crippen LogP contribution in [0.5, 0.6) is 0 Å². The molecule has 1 unspecified atom stereocenters. The third-order valence-corrected chi connectivity index (χ3v) is 1.31. The predicted octanol–water partition coefficient (Wildman–Crippen LogP) is 2.24. The molecule has 0 saturated carbocycles. The number of halogens is 3. The molecule has 1 heterocycles. The fourth-order valence-corrected chi connectivity index (χ4v) is 0.794. The standard InChI is InChI=1S/C6H7F3O/c1-4-2-3-5(10-4)6(7,8)9/h2,5H,3H2,1H3. The summed E-state index contributed by atoms with van der Waals surface area (Å²) in [5.41, 5.74) is 0. The second-order valence-electron chi connectivity index (χ2n) is 2.20. The van der Waals surface area contributed by atoms with Crippen molar-refractivity contribution in [2.24, 2.45) is 0 Å². The summed E-state index contributed by atoms with van der Waals surface area (Å²) in [6.07, 6.45) is -4.42. The van der Waals surface area contributed by atoms with E-state index in [1.54, 1.807) is 0 Å². The van der Waals surface area contributed by atoms with E-state index in [2.05, 4.69) is 4.74 Å². The SMILES string of the molecule is CC1=CCC(C(F)(F)F)O1. The Morgan fingerprint density at radius 3 is 2.40 bits per heavy atom. The van der Waals surface area contributed by atoms with Crippen LogP contribution in [0.3, 0.4) is 0 Å². The van der Waals surface area contributed by atoms with Gasteiger partial charge in [0.1, 0.15) is 0 Å². The molecule has 1 atom stereocenters. The van der Waals surface area contributed by atoms with Gasteiger partial charge in [0.05, 0.1) is 5.76 Å². The van der Waals surface area contributed by atoms with Gasteiger partial charge in [0.25, 0.3) is 0 Å². The number of rotatable bonds is 0. The van der Waals surface area contributed by atoms with E-state index in [-0.39, 0.29) is 6.42 Å². The van der Waals surface area contributed by atoms with Crippen molar-refractivity contribution in [1.29, 1.82) is 0 Å². The molecule has 10 heavy (non-hydrogen) atoms. The molecule has 0 bridgehead atoms. The van der Waals surface area contributed by atoms with E-state index in [0.717, 1.165) is 0 Å². The highest BCUT2D eigenvalue weighted by molar-refractivity contribution is 4.99. The van der Waals surface area contributed by atoms with Crippen LogP contribution in [0.15, 0.2) is 11.8 Å². The first kappa shape index (κ1) is 7.44. The molecule has 0 spiro atoms. The molecule has 1 aliphatic heterocycles. The van der Waals surface area contributed by atoms with Crippen molar-refractivity contribution in [3.05, 3.63) is 11.8 Å². The maximum atomic E-state index is 11.8. The number of allylic oxidation sites excluding steroid dienone is 1. The van der Waals surface area contributed by atoms with Gasteiger partial charge in [-0.2, -0.15) is 13.2 Å². The summed E-state index contributed by atoms with van der Waals surface area (Å²) in [6.45, 7) is 1.52. The molecule has 0 aromatic rings. The van der Waals surface area contributed by atoms with Gasteiger partial charge in [-0.05, 0) is 13.0 Å². The Morgan fingerprint density at radius 1 is 1.60 bits per heavy atom. The van der Waals surface area contributed by atoms with Gasteiger partial charge in [0.2, 0.25) is 0 Å². The Labute approximate surface area is 56.5 Å². The summed E-state index contributed by atoms with van der Waals surface area (Å²) >= 11 is 0. The Balaban J connectivity index is 2.50. The molecule has 1 rings (SSSR count). The zero-order valence-corrected chi connectivity index (χ0v) is 5.40. The van der Waals surface area contributed by atoms with Crippen LogP contribution in [0, 0.1) is 0 Å². The lowest BCUT2D eigenvalue weighted by molar-refractivity contribution is -0.202. The highest BCUT2D eigenvalue weighted by Gasteiger charge is 2.42. The molecular formula is C6H7F3O. The quantitative estimate of drug-likeness (QED) is 0.517. The molecular weight excluding hydrogens is 145 g/mol. The second-order valence-corrected chi connectivity index (χ2v) is 2.20. The van der Waals surface area contributed by atoms with Gasteiger partial charge < -0.3 is 4.74 Å². The maximum absolute atomic E-state index is 11.8. The third-order valence-electron chi connectivity index (χ3n) is 1.31. The summed E-state index contributed by atoms with van der Waals surface area (Å²) in [7, 11) is 0. The Hall–Kier alpha value is -0.670. The fraction of sp³-hybridized carbons (Fsp3) is 0.667. The van der Waals surface area contributed by atoms with E-state index in [4.69, 9.17) is 0 Å². The van der Waals surface area contributed by atoms with Crippen molar-refractivity contribution in [1.82, 2.24) is 0 Å². The van der Waals surface area contributed by atoms with E-state index in [0.29, 0.717) is 5.76 Å². The number of alkyl halides is 3. The van der Waals surface area contributed by atoms with Crippen LogP contribution >= 0.6 is 0 Å². The first-order valence-corrected chi connectivity index (χ1v) is 2.90. The Kier molecular flexibility index (Phi) is 1.62. The molecule has 4 heteroatoms. The largest absolute Gasteiger partial charge is 0.486 e. The maximum Gasteiger partial charge on any atom is 0.425 e. The molecule has 0 aliphatic carbocycles. The average Bonchev–Trinajstić information content (AvgIpc) is 2.11. The minimum Gasteiger partial charge on any atom is -0.486 e. The zero-order chi connectivity index (χ0) is 7.78. The summed E-state index contributed by atoms with van der Waals surface area (Å²) in [5, 5.41) is 0. The lowest BCUT2D eigenvalue weighted by Gasteiger charge is -2.14. The van der Waals surface area contributed by atoms with E-state index < -0.39 is 12.3 Å².